The average molecular weight is 475 g/mol. The summed E-state index contributed by atoms with van der Waals surface area (Å²) >= 11 is 1.40. The number of nitrogens with one attached hydrogen (secondary N) is 2. The highest BCUT2D eigenvalue weighted by Gasteiger charge is 2.27. The minimum Gasteiger partial charge on any atom is -0.493 e. The number of carbonyl (C=O) groups excluding carboxylic acids is 1. The fourth-order valence-electron chi connectivity index (χ4n) is 3.47. The molecule has 0 bridgehead atoms. The predicted octanol–water partition coefficient (Wildman–Crippen LogP) is 3.27. The van der Waals surface area contributed by atoms with Crippen LogP contribution in [0.15, 0.2) is 40.9 Å². The lowest BCUT2D eigenvalue weighted by Crippen LogP contribution is -2.50. The summed E-state index contributed by atoms with van der Waals surface area (Å²) in [5.41, 5.74) is 1.13. The smallest absolute Gasteiger partial charge is 0.237 e. The van der Waals surface area contributed by atoms with Crippen LogP contribution in [0.3, 0.4) is 0 Å². The topological polar surface area (TPSA) is 108 Å². The van der Waals surface area contributed by atoms with Crippen LogP contribution < -0.4 is 24.8 Å². The molecule has 174 valence electrons. The van der Waals surface area contributed by atoms with Crippen molar-refractivity contribution in [1.29, 1.82) is 0 Å². The van der Waals surface area contributed by atoms with E-state index in [0.29, 0.717) is 40.3 Å². The van der Waals surface area contributed by atoms with E-state index in [2.05, 4.69) is 20.8 Å². The van der Waals surface area contributed by atoms with Crippen molar-refractivity contribution >= 4 is 17.7 Å². The summed E-state index contributed by atoms with van der Waals surface area (Å²) in [5, 5.41) is 10.3. The minimum atomic E-state index is -0.363. The lowest BCUT2D eigenvalue weighted by Gasteiger charge is -2.31. The van der Waals surface area contributed by atoms with Gasteiger partial charge in [-0.2, -0.15) is 4.98 Å². The van der Waals surface area contributed by atoms with Crippen molar-refractivity contribution in [3.63, 3.8) is 0 Å². The molecular formula is C22H23FN4O5S. The molecule has 0 spiro atoms. The van der Waals surface area contributed by atoms with Crippen molar-refractivity contribution in [3.05, 3.63) is 53.7 Å². The van der Waals surface area contributed by atoms with Crippen LogP contribution in [0, 0.1) is 5.82 Å². The van der Waals surface area contributed by atoms with Gasteiger partial charge in [0, 0.05) is 18.0 Å². The third kappa shape index (κ3) is 5.20. The number of hydrogen-bond donors (Lipinski definition) is 2. The van der Waals surface area contributed by atoms with Crippen molar-refractivity contribution in [2.45, 2.75) is 23.7 Å². The first-order valence-electron chi connectivity index (χ1n) is 10.1. The molecule has 11 heteroatoms. The zero-order chi connectivity index (χ0) is 23.4. The maximum Gasteiger partial charge on any atom is 0.237 e. The number of methoxy groups -OCH3 is 3. The minimum absolute atomic E-state index is 0.0933. The van der Waals surface area contributed by atoms with Crippen LogP contribution in [0.5, 0.6) is 17.2 Å². The monoisotopic (exact) mass is 474 g/mol. The van der Waals surface area contributed by atoms with Gasteiger partial charge in [-0.3, -0.25) is 10.1 Å². The van der Waals surface area contributed by atoms with Crippen LogP contribution in [0.1, 0.15) is 23.9 Å². The Morgan fingerprint density at radius 1 is 1.12 bits per heavy atom. The molecule has 0 radical (unpaired) electrons. The van der Waals surface area contributed by atoms with Gasteiger partial charge in [-0.25, -0.2) is 4.39 Å². The maximum absolute atomic E-state index is 13.2. The Labute approximate surface area is 194 Å². The van der Waals surface area contributed by atoms with E-state index in [1.807, 2.05) is 0 Å². The average Bonchev–Trinajstić information content (AvgIpc) is 3.31. The van der Waals surface area contributed by atoms with Crippen LogP contribution >= 0.6 is 11.8 Å². The summed E-state index contributed by atoms with van der Waals surface area (Å²) in [7, 11) is 4.59. The van der Waals surface area contributed by atoms with Crippen LogP contribution in [0.4, 0.5) is 4.39 Å². The van der Waals surface area contributed by atoms with Gasteiger partial charge in [-0.1, -0.05) is 17.3 Å². The Hall–Kier alpha value is -3.31. The lowest BCUT2D eigenvalue weighted by molar-refractivity contribution is -0.123. The third-order valence-electron chi connectivity index (χ3n) is 5.07. The van der Waals surface area contributed by atoms with E-state index >= 15 is 0 Å². The molecule has 1 amide bonds. The van der Waals surface area contributed by atoms with Gasteiger partial charge < -0.3 is 24.1 Å². The molecule has 3 aromatic rings. The Balaban J connectivity index is 1.44. The second-order valence-corrected chi connectivity index (χ2v) is 8.25. The number of nitrogens with zero attached hydrogens (tertiary/aromatic N) is 2. The molecule has 2 unspecified atom stereocenters. The van der Waals surface area contributed by atoms with E-state index in [-0.39, 0.29) is 29.7 Å². The van der Waals surface area contributed by atoms with Gasteiger partial charge in [0.1, 0.15) is 11.3 Å². The van der Waals surface area contributed by atoms with Gasteiger partial charge in [-0.15, -0.1) is 11.8 Å². The molecule has 2 atom stereocenters. The number of rotatable bonds is 8. The molecule has 4 rings (SSSR count). The van der Waals surface area contributed by atoms with Crippen molar-refractivity contribution in [2.24, 2.45) is 0 Å². The molecule has 1 aromatic heterocycles. The van der Waals surface area contributed by atoms with Gasteiger partial charge in [0.2, 0.25) is 23.4 Å². The summed E-state index contributed by atoms with van der Waals surface area (Å²) < 4.78 is 34.7. The van der Waals surface area contributed by atoms with Crippen molar-refractivity contribution in [3.8, 4) is 28.6 Å². The SMILES string of the molecule is COc1cc(-c2noc(CSC3NC(=O)CC(c4ccc(F)cc4)N3)n2)cc(OC)c1OC. The number of halogens is 1. The summed E-state index contributed by atoms with van der Waals surface area (Å²) in [4.78, 5) is 16.6. The summed E-state index contributed by atoms with van der Waals surface area (Å²) in [6, 6.07) is 9.38. The van der Waals surface area contributed by atoms with E-state index in [1.54, 1.807) is 24.3 Å². The Morgan fingerprint density at radius 2 is 1.82 bits per heavy atom. The molecule has 2 aromatic carbocycles. The maximum atomic E-state index is 13.2. The quantitative estimate of drug-likeness (QED) is 0.509. The molecule has 2 N–H and O–H groups in total. The van der Waals surface area contributed by atoms with Crippen molar-refractivity contribution in [1.82, 2.24) is 20.8 Å². The molecule has 9 nitrogen and oxygen atoms in total. The normalized spacial score (nSPS) is 18.0. The van der Waals surface area contributed by atoms with Crippen LogP contribution in [0.25, 0.3) is 11.4 Å². The highest BCUT2D eigenvalue weighted by atomic mass is 32.2. The second-order valence-electron chi connectivity index (χ2n) is 7.16. The summed E-state index contributed by atoms with van der Waals surface area (Å²) in [6.07, 6.45) is 0.272. The summed E-state index contributed by atoms with van der Waals surface area (Å²) in [6.45, 7) is 0. The first-order valence-corrected chi connectivity index (χ1v) is 11.1. The third-order valence-corrected chi connectivity index (χ3v) is 6.07. The van der Waals surface area contributed by atoms with Gasteiger partial charge >= 0.3 is 0 Å². The molecule has 2 heterocycles. The van der Waals surface area contributed by atoms with Crippen molar-refractivity contribution < 1.29 is 27.9 Å². The van der Waals surface area contributed by atoms with E-state index in [0.717, 1.165) is 5.56 Å². The molecular weight excluding hydrogens is 451 g/mol. The second kappa shape index (κ2) is 10.1. The number of benzene rings is 2. The zero-order valence-electron chi connectivity index (χ0n) is 18.3. The van der Waals surface area contributed by atoms with Gasteiger partial charge in [0.05, 0.1) is 27.1 Å². The first kappa shape index (κ1) is 22.9. The zero-order valence-corrected chi connectivity index (χ0v) is 19.1. The lowest BCUT2D eigenvalue weighted by atomic mass is 10.0. The number of aromatic nitrogens is 2. The predicted molar refractivity (Wildman–Crippen MR) is 120 cm³/mol. The van der Waals surface area contributed by atoms with Crippen LogP contribution in [0.2, 0.25) is 0 Å². The molecule has 1 saturated heterocycles. The fraction of sp³-hybridized carbons (Fsp3) is 0.318. The van der Waals surface area contributed by atoms with Crippen LogP contribution in [-0.4, -0.2) is 42.9 Å². The van der Waals surface area contributed by atoms with Gasteiger partial charge in [-0.05, 0) is 29.8 Å². The standard InChI is InChI=1S/C22H23FN4O5S/c1-29-16-8-13(9-17(30-2)20(16)31-3)21-26-19(32-27-21)11-33-22-24-15(10-18(28)25-22)12-4-6-14(23)7-5-12/h4-9,15,22,24H,10-11H2,1-3H3,(H,25,28). The molecule has 1 aliphatic heterocycles. The highest BCUT2D eigenvalue weighted by Crippen LogP contribution is 2.40. The van der Waals surface area contributed by atoms with Gasteiger partial charge in [0.25, 0.3) is 0 Å². The Morgan fingerprint density at radius 3 is 2.45 bits per heavy atom. The Bertz CT molecular complexity index is 1100. The number of amides is 1. The number of thioether (sulfide) groups is 1. The van der Waals surface area contributed by atoms with E-state index in [4.69, 9.17) is 18.7 Å². The number of hydrogen-bond acceptors (Lipinski definition) is 9. The van der Waals surface area contributed by atoms with Gasteiger partial charge in [0.15, 0.2) is 11.5 Å². The fourth-order valence-corrected chi connectivity index (χ4v) is 4.37. The first-order chi connectivity index (χ1) is 16.0. The number of ether oxygens (including phenoxy) is 3. The highest BCUT2D eigenvalue weighted by molar-refractivity contribution is 7.99. The Kier molecular flexibility index (Phi) is 6.99. The molecule has 0 saturated carbocycles. The van der Waals surface area contributed by atoms with E-state index in [9.17, 15) is 9.18 Å². The molecule has 33 heavy (non-hydrogen) atoms. The summed E-state index contributed by atoms with van der Waals surface area (Å²) in [5.74, 6) is 2.15. The molecule has 1 fully saturated rings. The van der Waals surface area contributed by atoms with Crippen LogP contribution in [-0.2, 0) is 10.5 Å². The molecule has 0 aliphatic carbocycles. The largest absolute Gasteiger partial charge is 0.493 e. The molecule has 1 aliphatic rings. The van der Waals surface area contributed by atoms with E-state index < -0.39 is 0 Å². The van der Waals surface area contributed by atoms with E-state index in [1.165, 1.54) is 45.2 Å². The van der Waals surface area contributed by atoms with Crippen molar-refractivity contribution in [2.75, 3.05) is 21.3 Å². The number of carbonyl (C=O) groups is 1.